The van der Waals surface area contributed by atoms with E-state index in [1.54, 1.807) is 25.1 Å². The number of nitrogens with zero attached hydrogens (tertiary/aromatic N) is 5. The molecule has 12 heteroatoms. The summed E-state index contributed by atoms with van der Waals surface area (Å²) in [6.45, 7) is 5.24. The van der Waals surface area contributed by atoms with Crippen LogP contribution in [0.2, 0.25) is 5.02 Å². The minimum absolute atomic E-state index is 0.0887. The van der Waals surface area contributed by atoms with Crippen LogP contribution >= 0.6 is 11.6 Å². The number of imidazole rings is 1. The Balaban J connectivity index is 1.06. The normalized spacial score (nSPS) is 24.7. The molecular weight excluding hydrogens is 625 g/mol. The van der Waals surface area contributed by atoms with Crippen LogP contribution in [-0.2, 0) is 28.4 Å². The van der Waals surface area contributed by atoms with E-state index in [2.05, 4.69) is 14.4 Å². The van der Waals surface area contributed by atoms with E-state index in [1.165, 1.54) is 13.2 Å². The lowest BCUT2D eigenvalue weighted by atomic mass is 9.81. The molecule has 0 amide bonds. The molecule has 4 heterocycles. The predicted molar refractivity (Wildman–Crippen MR) is 171 cm³/mol. The Kier molecular flexibility index (Phi) is 7.28. The third-order valence-electron chi connectivity index (χ3n) is 9.99. The number of rotatable bonds is 7. The fraction of sp³-hybridized carbons (Fsp3) is 0.400. The molecule has 1 aliphatic carbocycles. The molecule has 4 aliphatic rings. The lowest BCUT2D eigenvalue weighted by molar-refractivity contribution is -0.0706. The number of ether oxygens (including phenoxy) is 4. The van der Waals surface area contributed by atoms with Crippen molar-refractivity contribution in [3.63, 3.8) is 0 Å². The molecule has 47 heavy (non-hydrogen) atoms. The average Bonchev–Trinajstić information content (AvgIpc) is 3.56. The van der Waals surface area contributed by atoms with Gasteiger partial charge in [0, 0.05) is 38.7 Å². The number of piperazine rings is 1. The molecule has 1 aromatic heterocycles. The summed E-state index contributed by atoms with van der Waals surface area (Å²) >= 11 is 6.66. The average molecular weight is 658 g/mol. The van der Waals surface area contributed by atoms with Crippen LogP contribution in [0.4, 0.5) is 10.1 Å². The van der Waals surface area contributed by atoms with Crippen molar-refractivity contribution in [2.24, 2.45) is 0 Å². The van der Waals surface area contributed by atoms with Crippen LogP contribution in [-0.4, -0.2) is 65.4 Å². The fourth-order valence-electron chi connectivity index (χ4n) is 7.32. The number of anilines is 1. The monoisotopic (exact) mass is 657 g/mol. The molecule has 0 N–H and O–H groups in total. The van der Waals surface area contributed by atoms with Gasteiger partial charge in [-0.2, -0.15) is 5.26 Å². The second-order valence-electron chi connectivity index (χ2n) is 12.7. The Hall–Kier alpha value is -4.37. The highest BCUT2D eigenvalue weighted by molar-refractivity contribution is 6.35. The lowest BCUT2D eigenvalue weighted by Crippen LogP contribution is -2.64. The molecule has 4 aromatic rings. The van der Waals surface area contributed by atoms with Gasteiger partial charge in [-0.05, 0) is 61.7 Å². The molecule has 3 fully saturated rings. The van der Waals surface area contributed by atoms with Crippen LogP contribution in [0.1, 0.15) is 53.5 Å². The van der Waals surface area contributed by atoms with Crippen molar-refractivity contribution in [3.8, 4) is 17.6 Å². The van der Waals surface area contributed by atoms with Gasteiger partial charge in [-0.25, -0.2) is 14.2 Å². The molecule has 1 saturated carbocycles. The Bertz CT molecular complexity index is 1960. The maximum Gasteiger partial charge on any atom is 0.337 e. The first-order chi connectivity index (χ1) is 22.8. The predicted octanol–water partition coefficient (Wildman–Crippen LogP) is 5.77. The maximum atomic E-state index is 15.1. The molecule has 10 nitrogen and oxygen atoms in total. The number of halogens is 2. The van der Waals surface area contributed by atoms with Crippen molar-refractivity contribution in [2.45, 2.75) is 63.3 Å². The SMILES string of the molecule is COC(=O)c1cc(Cl)c2nc(CN3CCN(c4cccc5c4O[C@](C)(c4ccc(C#N)cc4F)O5)C4CCC43)n(C[C@@H]3CCO3)c2c1. The minimum atomic E-state index is -1.37. The van der Waals surface area contributed by atoms with E-state index in [0.717, 1.165) is 56.0 Å². The van der Waals surface area contributed by atoms with Gasteiger partial charge in [0.05, 0.1) is 65.3 Å². The van der Waals surface area contributed by atoms with E-state index < -0.39 is 17.6 Å². The Morgan fingerprint density at radius 3 is 2.68 bits per heavy atom. The maximum absolute atomic E-state index is 15.1. The fourth-order valence-corrected chi connectivity index (χ4v) is 7.58. The molecule has 0 radical (unpaired) electrons. The highest BCUT2D eigenvalue weighted by Gasteiger charge is 2.47. The molecule has 0 bridgehead atoms. The Morgan fingerprint density at radius 1 is 1.15 bits per heavy atom. The largest absolute Gasteiger partial charge is 0.465 e. The van der Waals surface area contributed by atoms with E-state index >= 15 is 4.39 Å². The van der Waals surface area contributed by atoms with Crippen molar-refractivity contribution >= 4 is 34.3 Å². The summed E-state index contributed by atoms with van der Waals surface area (Å²) < 4.78 is 40.6. The van der Waals surface area contributed by atoms with E-state index in [0.29, 0.717) is 46.7 Å². The first kappa shape index (κ1) is 30.0. The van der Waals surface area contributed by atoms with E-state index in [9.17, 15) is 10.1 Å². The number of benzene rings is 3. The second-order valence-corrected chi connectivity index (χ2v) is 13.1. The molecule has 3 aromatic carbocycles. The number of carbonyl (C=O) groups excluding carboxylic acids is 1. The van der Waals surface area contributed by atoms with Crippen LogP contribution < -0.4 is 14.4 Å². The van der Waals surface area contributed by atoms with Gasteiger partial charge in [0.1, 0.15) is 17.2 Å². The summed E-state index contributed by atoms with van der Waals surface area (Å²) in [4.78, 5) is 22.3. The van der Waals surface area contributed by atoms with E-state index in [4.69, 9.17) is 35.5 Å². The zero-order chi connectivity index (χ0) is 32.4. The number of carbonyl (C=O) groups is 1. The first-order valence-corrected chi connectivity index (χ1v) is 16.2. The van der Waals surface area contributed by atoms with Crippen LogP contribution in [0.25, 0.3) is 11.0 Å². The summed E-state index contributed by atoms with van der Waals surface area (Å²) in [5.74, 6) is -0.323. The van der Waals surface area contributed by atoms with Crippen molar-refractivity contribution < 1.29 is 28.1 Å². The van der Waals surface area contributed by atoms with Crippen molar-refractivity contribution in [3.05, 3.63) is 81.9 Å². The summed E-state index contributed by atoms with van der Waals surface area (Å²) in [6.07, 6.45) is 3.12. The van der Waals surface area contributed by atoms with E-state index in [-0.39, 0.29) is 23.3 Å². The molecule has 3 aliphatic heterocycles. The highest BCUT2D eigenvalue weighted by Crippen LogP contribution is 2.51. The molecule has 2 saturated heterocycles. The van der Waals surface area contributed by atoms with Gasteiger partial charge in [-0.15, -0.1) is 0 Å². The number of hydrogen-bond donors (Lipinski definition) is 0. The highest BCUT2D eigenvalue weighted by atomic mass is 35.5. The number of methoxy groups -OCH3 is 1. The molecule has 242 valence electrons. The third kappa shape index (κ3) is 4.98. The molecule has 4 atom stereocenters. The van der Waals surface area contributed by atoms with Crippen LogP contribution in [0, 0.1) is 17.1 Å². The van der Waals surface area contributed by atoms with Gasteiger partial charge in [-0.1, -0.05) is 17.7 Å². The molecule has 2 unspecified atom stereocenters. The number of esters is 1. The smallest absolute Gasteiger partial charge is 0.337 e. The molecule has 0 spiro atoms. The van der Waals surface area contributed by atoms with E-state index in [1.807, 2.05) is 30.3 Å². The van der Waals surface area contributed by atoms with Gasteiger partial charge in [0.25, 0.3) is 5.79 Å². The van der Waals surface area contributed by atoms with Crippen molar-refractivity contribution in [2.75, 3.05) is 31.7 Å². The number of para-hydroxylation sites is 1. The van der Waals surface area contributed by atoms with Gasteiger partial charge in [0.2, 0.25) is 0 Å². The third-order valence-corrected chi connectivity index (χ3v) is 10.3. The molecule has 8 rings (SSSR count). The zero-order valence-electron chi connectivity index (χ0n) is 26.0. The standard InChI is InChI=1S/C35H33ClFN5O5/c1-35(23-7-6-20(17-38)14-25(23)37)46-30-5-3-4-28(33(30)47-35)41-12-11-40(26-8-9-27(26)41)19-31-39-32-24(36)15-21(34(43)44-2)16-29(32)42(31)18-22-10-13-45-22/h3-7,14-16,22,26-27H,8-13,18-19H2,1-2H3/t22-,26?,27?,35+/m0/s1. The van der Waals surface area contributed by atoms with Crippen LogP contribution in [0.3, 0.4) is 0 Å². The first-order valence-electron chi connectivity index (χ1n) is 15.9. The minimum Gasteiger partial charge on any atom is -0.465 e. The zero-order valence-corrected chi connectivity index (χ0v) is 26.8. The Morgan fingerprint density at radius 2 is 1.98 bits per heavy atom. The van der Waals surface area contributed by atoms with Crippen molar-refractivity contribution in [1.82, 2.24) is 14.5 Å². The summed E-state index contributed by atoms with van der Waals surface area (Å²) in [7, 11) is 1.36. The number of hydrogen-bond acceptors (Lipinski definition) is 9. The summed E-state index contributed by atoms with van der Waals surface area (Å²) in [6, 6.07) is 16.1. The van der Waals surface area contributed by atoms with Gasteiger partial charge in [-0.3, -0.25) is 4.90 Å². The topological polar surface area (TPSA) is 102 Å². The number of aromatic nitrogens is 2. The van der Waals surface area contributed by atoms with Crippen LogP contribution in [0.5, 0.6) is 11.5 Å². The molecular formula is C35H33ClFN5O5. The van der Waals surface area contributed by atoms with Gasteiger partial charge < -0.3 is 28.4 Å². The second kappa shape index (κ2) is 11.4. The van der Waals surface area contributed by atoms with Crippen molar-refractivity contribution in [1.29, 1.82) is 5.26 Å². The van der Waals surface area contributed by atoms with Gasteiger partial charge >= 0.3 is 5.97 Å². The quantitative estimate of drug-likeness (QED) is 0.229. The number of fused-ring (bicyclic) bond motifs is 3. The lowest BCUT2D eigenvalue weighted by Gasteiger charge is -2.54. The Labute approximate surface area is 276 Å². The van der Waals surface area contributed by atoms with Gasteiger partial charge in [0.15, 0.2) is 11.5 Å². The number of nitriles is 1. The van der Waals surface area contributed by atoms with Crippen LogP contribution in [0.15, 0.2) is 48.5 Å². The summed E-state index contributed by atoms with van der Waals surface area (Å²) in [5.41, 5.74) is 3.24. The summed E-state index contributed by atoms with van der Waals surface area (Å²) in [5, 5.41) is 9.59.